The summed E-state index contributed by atoms with van der Waals surface area (Å²) in [7, 11) is -3.65. The van der Waals surface area contributed by atoms with E-state index < -0.39 is 15.9 Å². The molecule has 2 amide bonds. The van der Waals surface area contributed by atoms with Gasteiger partial charge in [-0.1, -0.05) is 34.8 Å². The number of carbonyl (C=O) groups excluding carboxylic acids is 2. The molecule has 0 aliphatic rings. The molecule has 0 atom stereocenters. The number of anilines is 3. The molecule has 2 aromatic carbocycles. The van der Waals surface area contributed by atoms with Crippen LogP contribution in [0, 0.1) is 0 Å². The van der Waals surface area contributed by atoms with Gasteiger partial charge in [0.1, 0.15) is 0 Å². The molecule has 0 saturated carbocycles. The summed E-state index contributed by atoms with van der Waals surface area (Å²) in [4.78, 5) is 23.9. The summed E-state index contributed by atoms with van der Waals surface area (Å²) in [6.07, 6.45) is 0.946. The first-order valence-electron chi connectivity index (χ1n) is 7.56. The second-order valence-electron chi connectivity index (χ2n) is 5.64. The molecule has 2 aromatic rings. The molecular formula is C16H15Cl3N4O4S. The van der Waals surface area contributed by atoms with Crippen molar-refractivity contribution in [2.24, 2.45) is 0 Å². The Balaban J connectivity index is 2.32. The van der Waals surface area contributed by atoms with Crippen LogP contribution >= 0.6 is 34.8 Å². The monoisotopic (exact) mass is 464 g/mol. The van der Waals surface area contributed by atoms with E-state index in [1.807, 2.05) is 0 Å². The molecule has 12 heteroatoms. The molecule has 0 aliphatic carbocycles. The van der Waals surface area contributed by atoms with Crippen LogP contribution in [0.5, 0.6) is 0 Å². The lowest BCUT2D eigenvalue weighted by atomic mass is 10.1. The van der Waals surface area contributed by atoms with Gasteiger partial charge in [-0.3, -0.25) is 25.2 Å². The first-order valence-corrected chi connectivity index (χ1v) is 10.6. The maximum Gasteiger partial charge on any atom is 0.271 e. The van der Waals surface area contributed by atoms with Gasteiger partial charge in [-0.15, -0.1) is 0 Å². The highest BCUT2D eigenvalue weighted by Crippen LogP contribution is 2.33. The summed E-state index contributed by atoms with van der Waals surface area (Å²) in [5.74, 6) is -1.06. The summed E-state index contributed by atoms with van der Waals surface area (Å²) in [5, 5.41) is 3.16. The van der Waals surface area contributed by atoms with Crippen LogP contribution in [0.2, 0.25) is 15.1 Å². The Bertz CT molecular complexity index is 1020. The SMILES string of the molecule is CC(=O)Nc1ccc(NS(C)(=O)=O)c(C(=O)NNc2c(Cl)cc(Cl)cc2Cl)c1. The largest absolute Gasteiger partial charge is 0.326 e. The predicted molar refractivity (Wildman–Crippen MR) is 112 cm³/mol. The van der Waals surface area contributed by atoms with Gasteiger partial charge in [-0.2, -0.15) is 0 Å². The molecule has 8 nitrogen and oxygen atoms in total. The van der Waals surface area contributed by atoms with E-state index in [9.17, 15) is 18.0 Å². The van der Waals surface area contributed by atoms with Crippen LogP contribution in [0.4, 0.5) is 17.1 Å². The number of carbonyl (C=O) groups is 2. The number of amides is 2. The number of rotatable bonds is 6. The van der Waals surface area contributed by atoms with Gasteiger partial charge in [0.25, 0.3) is 5.91 Å². The average Bonchev–Trinajstić information content (AvgIpc) is 2.53. The molecule has 0 bridgehead atoms. The normalized spacial score (nSPS) is 10.9. The molecule has 0 radical (unpaired) electrons. The number of hydrogen-bond donors (Lipinski definition) is 4. The molecule has 28 heavy (non-hydrogen) atoms. The summed E-state index contributed by atoms with van der Waals surface area (Å²) < 4.78 is 25.4. The number of nitrogens with one attached hydrogen (secondary N) is 4. The molecule has 0 aromatic heterocycles. The minimum absolute atomic E-state index is 0.0178. The van der Waals surface area contributed by atoms with Crippen LogP contribution in [0.25, 0.3) is 0 Å². The third-order valence-corrected chi connectivity index (χ3v) is 4.59. The quantitative estimate of drug-likeness (QED) is 0.485. The maximum absolute atomic E-state index is 12.6. The van der Waals surface area contributed by atoms with Gasteiger partial charge in [-0.05, 0) is 30.3 Å². The fraction of sp³-hybridized carbons (Fsp3) is 0.125. The van der Waals surface area contributed by atoms with Crippen LogP contribution < -0.4 is 20.9 Å². The average molecular weight is 466 g/mol. The van der Waals surface area contributed by atoms with E-state index in [1.165, 1.54) is 37.3 Å². The standard InChI is InChI=1S/C16H15Cl3N4O4S/c1-8(24)20-10-3-4-14(23-28(2,26)27)11(7-10)16(25)22-21-15-12(18)5-9(17)6-13(15)19/h3-7,21,23H,1-2H3,(H,20,24)(H,22,25). The summed E-state index contributed by atoms with van der Waals surface area (Å²) in [5.41, 5.74) is 5.42. The van der Waals surface area contributed by atoms with Crippen LogP contribution in [-0.4, -0.2) is 26.5 Å². The lowest BCUT2D eigenvalue weighted by Crippen LogP contribution is -2.30. The summed E-state index contributed by atoms with van der Waals surface area (Å²) in [6.45, 7) is 1.30. The van der Waals surface area contributed by atoms with E-state index in [1.54, 1.807) is 0 Å². The lowest BCUT2D eigenvalue weighted by Gasteiger charge is -2.15. The zero-order valence-corrected chi connectivity index (χ0v) is 17.6. The van der Waals surface area contributed by atoms with E-state index >= 15 is 0 Å². The van der Waals surface area contributed by atoms with Crippen molar-refractivity contribution >= 4 is 73.7 Å². The summed E-state index contributed by atoms with van der Waals surface area (Å²) >= 11 is 17.9. The van der Waals surface area contributed by atoms with Gasteiger partial charge in [0, 0.05) is 17.6 Å². The third-order valence-electron chi connectivity index (χ3n) is 3.19. The Hall–Kier alpha value is -2.20. The molecule has 0 unspecified atom stereocenters. The Morgan fingerprint density at radius 3 is 2.14 bits per heavy atom. The van der Waals surface area contributed by atoms with Gasteiger partial charge in [0.2, 0.25) is 15.9 Å². The number of hydrazine groups is 1. The van der Waals surface area contributed by atoms with E-state index in [-0.39, 0.29) is 32.9 Å². The maximum atomic E-state index is 12.6. The Morgan fingerprint density at radius 1 is 1.00 bits per heavy atom. The first-order chi connectivity index (χ1) is 13.0. The van der Waals surface area contributed by atoms with Crippen LogP contribution in [0.15, 0.2) is 30.3 Å². The number of benzene rings is 2. The van der Waals surface area contributed by atoms with Crippen molar-refractivity contribution in [3.05, 3.63) is 51.0 Å². The summed E-state index contributed by atoms with van der Waals surface area (Å²) in [6, 6.07) is 6.97. The Labute approximate surface area is 176 Å². The minimum atomic E-state index is -3.65. The molecular weight excluding hydrogens is 451 g/mol. The third kappa shape index (κ3) is 6.16. The van der Waals surface area contributed by atoms with Crippen molar-refractivity contribution in [3.8, 4) is 0 Å². The molecule has 0 spiro atoms. The molecule has 0 aliphatic heterocycles. The van der Waals surface area contributed by atoms with Gasteiger partial charge in [0.15, 0.2) is 0 Å². The molecule has 150 valence electrons. The fourth-order valence-corrected chi connectivity index (χ4v) is 3.64. The zero-order valence-electron chi connectivity index (χ0n) is 14.6. The highest BCUT2D eigenvalue weighted by atomic mass is 35.5. The number of halogens is 3. The van der Waals surface area contributed by atoms with Gasteiger partial charge >= 0.3 is 0 Å². The van der Waals surface area contributed by atoms with Crippen LogP contribution in [-0.2, 0) is 14.8 Å². The Kier molecular flexibility index (Phi) is 7.00. The Morgan fingerprint density at radius 2 is 1.61 bits per heavy atom. The van der Waals surface area contributed by atoms with Crippen molar-refractivity contribution in [1.29, 1.82) is 0 Å². The smallest absolute Gasteiger partial charge is 0.271 e. The van der Waals surface area contributed by atoms with Crippen molar-refractivity contribution in [3.63, 3.8) is 0 Å². The first kappa shape index (κ1) is 22.1. The van der Waals surface area contributed by atoms with Crippen molar-refractivity contribution in [2.45, 2.75) is 6.92 Å². The van der Waals surface area contributed by atoms with E-state index in [0.29, 0.717) is 10.7 Å². The van der Waals surface area contributed by atoms with E-state index in [4.69, 9.17) is 34.8 Å². The minimum Gasteiger partial charge on any atom is -0.326 e. The number of hydrogen-bond acceptors (Lipinski definition) is 5. The lowest BCUT2D eigenvalue weighted by molar-refractivity contribution is -0.114. The number of sulfonamides is 1. The fourth-order valence-electron chi connectivity index (χ4n) is 2.15. The highest BCUT2D eigenvalue weighted by Gasteiger charge is 2.17. The second kappa shape index (κ2) is 8.87. The molecule has 2 rings (SSSR count). The van der Waals surface area contributed by atoms with Gasteiger partial charge in [0.05, 0.1) is 33.2 Å². The molecule has 4 N–H and O–H groups in total. The second-order valence-corrected chi connectivity index (χ2v) is 8.64. The van der Waals surface area contributed by atoms with Crippen molar-refractivity contribution in [2.75, 3.05) is 21.7 Å². The molecule has 0 saturated heterocycles. The van der Waals surface area contributed by atoms with E-state index in [0.717, 1.165) is 6.26 Å². The van der Waals surface area contributed by atoms with Crippen molar-refractivity contribution < 1.29 is 18.0 Å². The van der Waals surface area contributed by atoms with Crippen LogP contribution in [0.1, 0.15) is 17.3 Å². The highest BCUT2D eigenvalue weighted by molar-refractivity contribution is 7.92. The predicted octanol–water partition coefficient (Wildman–Crippen LogP) is 3.73. The topological polar surface area (TPSA) is 116 Å². The van der Waals surface area contributed by atoms with Crippen LogP contribution in [0.3, 0.4) is 0 Å². The van der Waals surface area contributed by atoms with Gasteiger partial charge < -0.3 is 5.32 Å². The molecule has 0 heterocycles. The van der Waals surface area contributed by atoms with Crippen molar-refractivity contribution in [1.82, 2.24) is 5.43 Å². The molecule has 0 fully saturated rings. The van der Waals surface area contributed by atoms with Gasteiger partial charge in [-0.25, -0.2) is 8.42 Å². The van der Waals surface area contributed by atoms with E-state index in [2.05, 4.69) is 20.9 Å². The zero-order chi connectivity index (χ0) is 21.1.